The molecule has 0 radical (unpaired) electrons. The average Bonchev–Trinajstić information content (AvgIpc) is 2.88. The van der Waals surface area contributed by atoms with Crippen molar-refractivity contribution in [3.05, 3.63) is 52.9 Å². The Morgan fingerprint density at radius 3 is 2.78 bits per heavy atom. The van der Waals surface area contributed by atoms with Crippen LogP contribution in [-0.2, 0) is 11.3 Å². The molecule has 0 unspecified atom stereocenters. The fraction of sp³-hybridized carbons (Fsp3) is 0.154. The Morgan fingerprint density at radius 1 is 1.33 bits per heavy atom. The standard InChI is InChI=1S/C13H13BrN2O2/c14-10-3-1-4-11(7-10)16(13(17)8-15)9-12-5-2-6-18-12/h1-7H,8-9,15H2. The quantitative estimate of drug-likeness (QED) is 0.944. The molecule has 0 bridgehead atoms. The Balaban J connectivity index is 2.28. The van der Waals surface area contributed by atoms with Gasteiger partial charge in [0.15, 0.2) is 0 Å². The summed E-state index contributed by atoms with van der Waals surface area (Å²) in [5.41, 5.74) is 6.23. The van der Waals surface area contributed by atoms with E-state index in [1.165, 1.54) is 0 Å². The van der Waals surface area contributed by atoms with Gasteiger partial charge in [-0.15, -0.1) is 0 Å². The molecule has 0 aliphatic heterocycles. The molecule has 0 spiro atoms. The summed E-state index contributed by atoms with van der Waals surface area (Å²) in [6.07, 6.45) is 1.58. The lowest BCUT2D eigenvalue weighted by molar-refractivity contribution is -0.117. The highest BCUT2D eigenvalue weighted by molar-refractivity contribution is 9.10. The number of hydrogen-bond acceptors (Lipinski definition) is 3. The number of rotatable bonds is 4. The van der Waals surface area contributed by atoms with Crippen molar-refractivity contribution in [3.8, 4) is 0 Å². The van der Waals surface area contributed by atoms with E-state index in [1.807, 2.05) is 30.3 Å². The van der Waals surface area contributed by atoms with Gasteiger partial charge in [-0.2, -0.15) is 0 Å². The largest absolute Gasteiger partial charge is 0.467 e. The first-order valence-corrected chi connectivity index (χ1v) is 6.28. The number of hydrogen-bond donors (Lipinski definition) is 1. The van der Waals surface area contributed by atoms with Crippen LogP contribution in [0.3, 0.4) is 0 Å². The Kier molecular flexibility index (Phi) is 4.17. The van der Waals surface area contributed by atoms with Crippen molar-refractivity contribution in [2.24, 2.45) is 5.73 Å². The lowest BCUT2D eigenvalue weighted by Crippen LogP contribution is -2.35. The van der Waals surface area contributed by atoms with E-state index in [4.69, 9.17) is 10.2 Å². The third-order valence-corrected chi connectivity index (χ3v) is 2.98. The van der Waals surface area contributed by atoms with Gasteiger partial charge in [-0.1, -0.05) is 22.0 Å². The maximum Gasteiger partial charge on any atom is 0.241 e. The highest BCUT2D eigenvalue weighted by Gasteiger charge is 2.16. The fourth-order valence-corrected chi connectivity index (χ4v) is 2.02. The zero-order valence-electron chi connectivity index (χ0n) is 9.67. The van der Waals surface area contributed by atoms with Crippen LogP contribution in [0.2, 0.25) is 0 Å². The molecule has 0 fully saturated rings. The molecule has 1 amide bonds. The summed E-state index contributed by atoms with van der Waals surface area (Å²) in [6.45, 7) is 0.340. The number of carbonyl (C=O) groups excluding carboxylic acids is 1. The van der Waals surface area contributed by atoms with Crippen molar-refractivity contribution < 1.29 is 9.21 Å². The summed E-state index contributed by atoms with van der Waals surface area (Å²) in [4.78, 5) is 13.5. The molecular formula is C13H13BrN2O2. The molecule has 18 heavy (non-hydrogen) atoms. The Morgan fingerprint density at radius 2 is 2.17 bits per heavy atom. The van der Waals surface area contributed by atoms with Gasteiger partial charge in [-0.05, 0) is 30.3 Å². The molecule has 0 saturated carbocycles. The third-order valence-electron chi connectivity index (χ3n) is 2.49. The van der Waals surface area contributed by atoms with E-state index in [0.29, 0.717) is 6.54 Å². The number of carbonyl (C=O) groups is 1. The van der Waals surface area contributed by atoms with Crippen LogP contribution < -0.4 is 10.6 Å². The van der Waals surface area contributed by atoms with Gasteiger partial charge in [0.25, 0.3) is 0 Å². The van der Waals surface area contributed by atoms with Crippen molar-refractivity contribution in [3.63, 3.8) is 0 Å². The molecule has 5 heteroatoms. The van der Waals surface area contributed by atoms with Gasteiger partial charge in [0.1, 0.15) is 5.76 Å². The van der Waals surface area contributed by atoms with Gasteiger partial charge in [-0.25, -0.2) is 0 Å². The summed E-state index contributed by atoms with van der Waals surface area (Å²) in [7, 11) is 0. The summed E-state index contributed by atoms with van der Waals surface area (Å²) in [6, 6.07) is 11.1. The van der Waals surface area contributed by atoms with Crippen LogP contribution in [0.4, 0.5) is 5.69 Å². The smallest absolute Gasteiger partial charge is 0.241 e. The second kappa shape index (κ2) is 5.84. The minimum Gasteiger partial charge on any atom is -0.467 e. The van der Waals surface area contributed by atoms with Crippen LogP contribution in [0.25, 0.3) is 0 Å². The molecule has 4 nitrogen and oxygen atoms in total. The molecule has 0 atom stereocenters. The van der Waals surface area contributed by atoms with Gasteiger partial charge in [0.2, 0.25) is 5.91 Å². The Labute approximate surface area is 114 Å². The molecule has 0 aliphatic carbocycles. The summed E-state index contributed by atoms with van der Waals surface area (Å²) >= 11 is 3.39. The average molecular weight is 309 g/mol. The zero-order chi connectivity index (χ0) is 13.0. The molecule has 0 aliphatic rings. The maximum absolute atomic E-state index is 11.9. The van der Waals surface area contributed by atoms with Gasteiger partial charge in [0.05, 0.1) is 19.4 Å². The van der Waals surface area contributed by atoms with E-state index < -0.39 is 0 Å². The molecule has 0 saturated heterocycles. The van der Waals surface area contributed by atoms with Gasteiger partial charge >= 0.3 is 0 Å². The number of amides is 1. The lowest BCUT2D eigenvalue weighted by Gasteiger charge is -2.21. The van der Waals surface area contributed by atoms with Crippen molar-refractivity contribution in [1.29, 1.82) is 0 Å². The van der Waals surface area contributed by atoms with E-state index in [-0.39, 0.29) is 12.5 Å². The van der Waals surface area contributed by atoms with E-state index in [0.717, 1.165) is 15.9 Å². The van der Waals surface area contributed by atoms with E-state index in [1.54, 1.807) is 17.2 Å². The van der Waals surface area contributed by atoms with E-state index in [2.05, 4.69) is 15.9 Å². The summed E-state index contributed by atoms with van der Waals surface area (Å²) < 4.78 is 6.18. The molecular weight excluding hydrogens is 296 g/mol. The SMILES string of the molecule is NCC(=O)N(Cc1ccco1)c1cccc(Br)c1. The van der Waals surface area contributed by atoms with E-state index >= 15 is 0 Å². The number of nitrogens with zero attached hydrogens (tertiary/aromatic N) is 1. The molecule has 94 valence electrons. The number of furan rings is 1. The molecule has 1 aromatic carbocycles. The van der Waals surface area contributed by atoms with Crippen LogP contribution >= 0.6 is 15.9 Å². The predicted molar refractivity (Wildman–Crippen MR) is 73.1 cm³/mol. The fourth-order valence-electron chi connectivity index (χ4n) is 1.64. The van der Waals surface area contributed by atoms with Crippen molar-refractivity contribution in [1.82, 2.24) is 0 Å². The molecule has 2 aromatic rings. The van der Waals surface area contributed by atoms with Crippen LogP contribution in [0.15, 0.2) is 51.6 Å². The van der Waals surface area contributed by atoms with Crippen LogP contribution in [0.1, 0.15) is 5.76 Å². The minimum atomic E-state index is -0.149. The number of halogens is 1. The second-order valence-electron chi connectivity index (χ2n) is 3.74. The first kappa shape index (κ1) is 12.9. The van der Waals surface area contributed by atoms with Crippen molar-refractivity contribution in [2.45, 2.75) is 6.54 Å². The number of anilines is 1. The number of benzene rings is 1. The predicted octanol–water partition coefficient (Wildman–Crippen LogP) is 2.53. The normalized spacial score (nSPS) is 10.3. The zero-order valence-corrected chi connectivity index (χ0v) is 11.3. The van der Waals surface area contributed by atoms with Gasteiger partial charge in [-0.3, -0.25) is 4.79 Å². The monoisotopic (exact) mass is 308 g/mol. The van der Waals surface area contributed by atoms with Crippen LogP contribution in [0.5, 0.6) is 0 Å². The second-order valence-corrected chi connectivity index (χ2v) is 4.66. The van der Waals surface area contributed by atoms with Crippen molar-refractivity contribution in [2.75, 3.05) is 11.4 Å². The topological polar surface area (TPSA) is 59.5 Å². The summed E-state index contributed by atoms with van der Waals surface area (Å²) in [5, 5.41) is 0. The molecule has 1 aromatic heterocycles. The summed E-state index contributed by atoms with van der Waals surface area (Å²) in [5.74, 6) is 0.571. The molecule has 2 rings (SSSR count). The Bertz CT molecular complexity index is 526. The van der Waals surface area contributed by atoms with Gasteiger partial charge < -0.3 is 15.1 Å². The minimum absolute atomic E-state index is 0.0345. The molecule has 1 heterocycles. The first-order valence-electron chi connectivity index (χ1n) is 5.49. The van der Waals surface area contributed by atoms with Crippen molar-refractivity contribution >= 4 is 27.5 Å². The highest BCUT2D eigenvalue weighted by atomic mass is 79.9. The number of nitrogens with two attached hydrogens (primary N) is 1. The lowest BCUT2D eigenvalue weighted by atomic mass is 10.2. The first-order chi connectivity index (χ1) is 8.70. The Hall–Kier alpha value is -1.59. The highest BCUT2D eigenvalue weighted by Crippen LogP contribution is 2.22. The third kappa shape index (κ3) is 3.00. The van der Waals surface area contributed by atoms with Crippen LogP contribution in [0, 0.1) is 0 Å². The van der Waals surface area contributed by atoms with E-state index in [9.17, 15) is 4.79 Å². The van der Waals surface area contributed by atoms with Gasteiger partial charge in [0, 0.05) is 10.2 Å². The van der Waals surface area contributed by atoms with Crippen LogP contribution in [-0.4, -0.2) is 12.5 Å². The maximum atomic E-state index is 11.9. The molecule has 2 N–H and O–H groups in total.